The Morgan fingerprint density at radius 1 is 1.17 bits per heavy atom. The van der Waals surface area contributed by atoms with Gasteiger partial charge in [-0.05, 0) is 49.7 Å². The summed E-state index contributed by atoms with van der Waals surface area (Å²) in [6.45, 7) is 3.63. The van der Waals surface area contributed by atoms with Crippen molar-refractivity contribution >= 4 is 40.5 Å². The van der Waals surface area contributed by atoms with E-state index in [4.69, 9.17) is 27.9 Å². The lowest BCUT2D eigenvalue weighted by Crippen LogP contribution is -2.32. The van der Waals surface area contributed by atoms with Gasteiger partial charge in [0.25, 0.3) is 0 Å². The highest BCUT2D eigenvalue weighted by Gasteiger charge is 2.15. The van der Waals surface area contributed by atoms with Crippen molar-refractivity contribution in [2.45, 2.75) is 19.9 Å². The molecular weight excluding hydrogens is 335 g/mol. The summed E-state index contributed by atoms with van der Waals surface area (Å²) >= 11 is 12.1. The van der Waals surface area contributed by atoms with Crippen LogP contribution in [-0.2, 0) is 4.79 Å². The molecule has 122 valence electrons. The van der Waals surface area contributed by atoms with Gasteiger partial charge in [0, 0.05) is 16.4 Å². The number of benzene rings is 2. The molecule has 0 heterocycles. The smallest absolute Gasteiger partial charge is 0.246 e. The Bertz CT molecular complexity index is 720. The number of ether oxygens (including phenoxy) is 1. The highest BCUT2D eigenvalue weighted by atomic mass is 35.5. The van der Waals surface area contributed by atoms with E-state index in [1.165, 1.54) is 0 Å². The van der Waals surface area contributed by atoms with E-state index in [0.717, 1.165) is 11.3 Å². The van der Waals surface area contributed by atoms with Gasteiger partial charge in [-0.15, -0.1) is 0 Å². The van der Waals surface area contributed by atoms with Crippen LogP contribution in [0.15, 0.2) is 36.4 Å². The van der Waals surface area contributed by atoms with Crippen LogP contribution in [0.25, 0.3) is 0 Å². The highest BCUT2D eigenvalue weighted by molar-refractivity contribution is 6.32. The summed E-state index contributed by atoms with van der Waals surface area (Å²) < 4.78 is 5.10. The molecular formula is C17H18Cl2N2O2. The first-order valence-electron chi connectivity index (χ1n) is 7.08. The Kier molecular flexibility index (Phi) is 5.74. The minimum absolute atomic E-state index is 0.165. The topological polar surface area (TPSA) is 50.4 Å². The average Bonchev–Trinajstić information content (AvgIpc) is 2.52. The maximum Gasteiger partial charge on any atom is 0.246 e. The van der Waals surface area contributed by atoms with Gasteiger partial charge in [0.1, 0.15) is 11.8 Å². The van der Waals surface area contributed by atoms with E-state index in [-0.39, 0.29) is 5.91 Å². The fourth-order valence-electron chi connectivity index (χ4n) is 2.06. The fourth-order valence-corrected chi connectivity index (χ4v) is 2.49. The molecule has 4 nitrogen and oxygen atoms in total. The summed E-state index contributed by atoms with van der Waals surface area (Å²) in [5.74, 6) is 0.422. The van der Waals surface area contributed by atoms with Crippen molar-refractivity contribution in [1.82, 2.24) is 0 Å². The number of rotatable bonds is 5. The van der Waals surface area contributed by atoms with E-state index in [0.29, 0.717) is 21.5 Å². The lowest BCUT2D eigenvalue weighted by molar-refractivity contribution is -0.116. The zero-order chi connectivity index (χ0) is 17.0. The van der Waals surface area contributed by atoms with Gasteiger partial charge in [-0.1, -0.05) is 29.3 Å². The molecule has 1 amide bonds. The zero-order valence-electron chi connectivity index (χ0n) is 13.1. The molecule has 23 heavy (non-hydrogen) atoms. The first kappa shape index (κ1) is 17.4. The predicted molar refractivity (Wildman–Crippen MR) is 95.9 cm³/mol. The largest absolute Gasteiger partial charge is 0.495 e. The third-order valence-electron chi connectivity index (χ3n) is 3.45. The molecule has 0 fully saturated rings. The van der Waals surface area contributed by atoms with Crippen LogP contribution < -0.4 is 15.4 Å². The Morgan fingerprint density at radius 2 is 1.91 bits per heavy atom. The lowest BCUT2D eigenvalue weighted by Gasteiger charge is -2.17. The summed E-state index contributed by atoms with van der Waals surface area (Å²) in [7, 11) is 1.55. The summed E-state index contributed by atoms with van der Waals surface area (Å²) in [4.78, 5) is 12.3. The zero-order valence-corrected chi connectivity index (χ0v) is 14.6. The monoisotopic (exact) mass is 352 g/mol. The molecule has 0 saturated carbocycles. The van der Waals surface area contributed by atoms with Gasteiger partial charge in [0.2, 0.25) is 5.91 Å². The second-order valence-corrected chi connectivity index (χ2v) is 5.93. The van der Waals surface area contributed by atoms with Crippen LogP contribution in [0.5, 0.6) is 5.75 Å². The summed E-state index contributed by atoms with van der Waals surface area (Å²) in [6.07, 6.45) is 0. The van der Waals surface area contributed by atoms with E-state index < -0.39 is 6.04 Å². The normalized spacial score (nSPS) is 11.7. The van der Waals surface area contributed by atoms with Crippen molar-refractivity contribution < 1.29 is 9.53 Å². The van der Waals surface area contributed by atoms with Crippen LogP contribution in [-0.4, -0.2) is 19.1 Å². The number of amides is 1. The second-order valence-electron chi connectivity index (χ2n) is 5.12. The molecule has 2 N–H and O–H groups in total. The first-order chi connectivity index (χ1) is 10.9. The molecule has 0 spiro atoms. The van der Waals surface area contributed by atoms with Crippen molar-refractivity contribution in [2.75, 3.05) is 17.7 Å². The van der Waals surface area contributed by atoms with Crippen molar-refractivity contribution in [2.24, 2.45) is 0 Å². The van der Waals surface area contributed by atoms with E-state index in [2.05, 4.69) is 10.6 Å². The molecule has 0 aromatic heterocycles. The fraction of sp³-hybridized carbons (Fsp3) is 0.235. The molecule has 2 aromatic rings. The van der Waals surface area contributed by atoms with E-state index in [9.17, 15) is 4.79 Å². The van der Waals surface area contributed by atoms with Gasteiger partial charge in [0.15, 0.2) is 0 Å². The summed E-state index contributed by atoms with van der Waals surface area (Å²) in [6, 6.07) is 10.2. The number of carbonyl (C=O) groups excluding carboxylic acids is 1. The Labute approximate surface area is 145 Å². The van der Waals surface area contributed by atoms with Crippen LogP contribution in [0.4, 0.5) is 11.4 Å². The average molecular weight is 353 g/mol. The van der Waals surface area contributed by atoms with E-state index >= 15 is 0 Å². The Hall–Kier alpha value is -1.91. The third-order valence-corrected chi connectivity index (χ3v) is 4.16. The second kappa shape index (κ2) is 7.57. The standard InChI is InChI=1S/C17H18Cl2N2O2/c1-10-13(18)5-4-6-15(10)21-17(22)11(2)20-12-7-8-16(23-3)14(19)9-12/h4-9,11,20H,1-3H3,(H,21,22). The summed E-state index contributed by atoms with van der Waals surface area (Å²) in [5, 5.41) is 7.07. The van der Waals surface area contributed by atoms with Gasteiger partial charge in [-0.2, -0.15) is 0 Å². The quantitative estimate of drug-likeness (QED) is 0.816. The molecule has 1 unspecified atom stereocenters. The van der Waals surface area contributed by atoms with Crippen LogP contribution >= 0.6 is 23.2 Å². The van der Waals surface area contributed by atoms with Crippen molar-refractivity contribution in [3.05, 3.63) is 52.0 Å². The summed E-state index contributed by atoms with van der Waals surface area (Å²) in [5.41, 5.74) is 2.27. The van der Waals surface area contributed by atoms with Crippen molar-refractivity contribution in [3.63, 3.8) is 0 Å². The van der Waals surface area contributed by atoms with Crippen molar-refractivity contribution in [3.8, 4) is 5.75 Å². The number of nitrogens with one attached hydrogen (secondary N) is 2. The van der Waals surface area contributed by atoms with Crippen molar-refractivity contribution in [1.29, 1.82) is 0 Å². The molecule has 2 aromatic carbocycles. The third kappa shape index (κ3) is 4.30. The highest BCUT2D eigenvalue weighted by Crippen LogP contribution is 2.28. The van der Waals surface area contributed by atoms with E-state index in [1.807, 2.05) is 13.0 Å². The number of methoxy groups -OCH3 is 1. The molecule has 0 aliphatic rings. The van der Waals surface area contributed by atoms with Gasteiger partial charge in [0.05, 0.1) is 12.1 Å². The number of halogens is 2. The molecule has 0 aliphatic heterocycles. The SMILES string of the molecule is COc1ccc(NC(C)C(=O)Nc2cccc(Cl)c2C)cc1Cl. The van der Waals surface area contributed by atoms with Gasteiger partial charge in [-0.25, -0.2) is 0 Å². The number of anilines is 2. The molecule has 6 heteroatoms. The van der Waals surface area contributed by atoms with Gasteiger partial charge in [-0.3, -0.25) is 4.79 Å². The van der Waals surface area contributed by atoms with Crippen LogP contribution in [0, 0.1) is 6.92 Å². The minimum Gasteiger partial charge on any atom is -0.495 e. The molecule has 0 saturated heterocycles. The Morgan fingerprint density at radius 3 is 2.57 bits per heavy atom. The number of carbonyl (C=O) groups is 1. The van der Waals surface area contributed by atoms with Crippen LogP contribution in [0.1, 0.15) is 12.5 Å². The first-order valence-corrected chi connectivity index (χ1v) is 7.84. The maximum atomic E-state index is 12.3. The predicted octanol–water partition coefficient (Wildman–Crippen LogP) is 4.75. The Balaban J connectivity index is 2.05. The number of hydrogen-bond acceptors (Lipinski definition) is 3. The molecule has 0 aliphatic carbocycles. The maximum absolute atomic E-state index is 12.3. The van der Waals surface area contributed by atoms with Gasteiger partial charge >= 0.3 is 0 Å². The molecule has 0 radical (unpaired) electrons. The number of hydrogen-bond donors (Lipinski definition) is 2. The lowest BCUT2D eigenvalue weighted by atomic mass is 10.2. The van der Waals surface area contributed by atoms with Gasteiger partial charge < -0.3 is 15.4 Å². The molecule has 2 rings (SSSR count). The minimum atomic E-state index is -0.446. The van der Waals surface area contributed by atoms with Crippen LogP contribution in [0.2, 0.25) is 10.0 Å². The van der Waals surface area contributed by atoms with Crippen LogP contribution in [0.3, 0.4) is 0 Å². The molecule has 0 bridgehead atoms. The molecule has 1 atom stereocenters. The van der Waals surface area contributed by atoms with E-state index in [1.54, 1.807) is 44.4 Å².